The van der Waals surface area contributed by atoms with Crippen LogP contribution in [0.2, 0.25) is 0 Å². The lowest BCUT2D eigenvalue weighted by molar-refractivity contribution is -0.129. The summed E-state index contributed by atoms with van der Waals surface area (Å²) < 4.78 is 5.07. The van der Waals surface area contributed by atoms with E-state index in [1.807, 2.05) is 31.2 Å². The molecule has 0 heterocycles. The molecule has 0 atom stereocenters. The molecule has 2 aromatic rings. The first-order chi connectivity index (χ1) is 12.0. The minimum absolute atomic E-state index is 0.0248. The molecule has 0 aliphatic heterocycles. The van der Waals surface area contributed by atoms with E-state index >= 15 is 0 Å². The highest BCUT2D eigenvalue weighted by Crippen LogP contribution is 2.14. The predicted molar refractivity (Wildman–Crippen MR) is 99.5 cm³/mol. The van der Waals surface area contributed by atoms with E-state index in [9.17, 15) is 9.59 Å². The van der Waals surface area contributed by atoms with Crippen molar-refractivity contribution in [3.63, 3.8) is 0 Å². The molecule has 0 aromatic heterocycles. The van der Waals surface area contributed by atoms with Crippen molar-refractivity contribution in [2.75, 3.05) is 26.0 Å². The molecule has 130 valence electrons. The standard InChI is InChI=1S/C20H22N2O3/c1-15-5-4-6-16(13-15)7-12-20(24)22(2)14-19(23)21-17-8-10-18(25-3)11-9-17/h4-13H,14H2,1-3H3,(H,21,23)/b12-7+. The van der Waals surface area contributed by atoms with Crippen molar-refractivity contribution < 1.29 is 14.3 Å². The lowest BCUT2D eigenvalue weighted by Crippen LogP contribution is -2.33. The Bertz CT molecular complexity index is 767. The van der Waals surface area contributed by atoms with Gasteiger partial charge in [0.2, 0.25) is 11.8 Å². The van der Waals surface area contributed by atoms with Gasteiger partial charge < -0.3 is 15.0 Å². The number of ether oxygens (including phenoxy) is 1. The maximum absolute atomic E-state index is 12.1. The van der Waals surface area contributed by atoms with Gasteiger partial charge in [-0.25, -0.2) is 0 Å². The van der Waals surface area contributed by atoms with E-state index in [1.165, 1.54) is 11.0 Å². The van der Waals surface area contributed by atoms with Gasteiger partial charge in [0.1, 0.15) is 5.75 Å². The summed E-state index contributed by atoms with van der Waals surface area (Å²) in [7, 11) is 3.18. The minimum atomic E-state index is -0.259. The van der Waals surface area contributed by atoms with E-state index in [1.54, 1.807) is 44.5 Å². The zero-order valence-corrected chi connectivity index (χ0v) is 14.7. The van der Waals surface area contributed by atoms with Crippen LogP contribution in [-0.2, 0) is 9.59 Å². The highest BCUT2D eigenvalue weighted by molar-refractivity contribution is 5.97. The SMILES string of the molecule is COc1ccc(NC(=O)CN(C)C(=O)/C=C/c2cccc(C)c2)cc1. The number of methoxy groups -OCH3 is 1. The normalized spacial score (nSPS) is 10.5. The van der Waals surface area contributed by atoms with Crippen LogP contribution >= 0.6 is 0 Å². The topological polar surface area (TPSA) is 58.6 Å². The van der Waals surface area contributed by atoms with Crippen LogP contribution in [0.15, 0.2) is 54.6 Å². The first kappa shape index (κ1) is 18.3. The Morgan fingerprint density at radius 1 is 1.16 bits per heavy atom. The number of likely N-dealkylation sites (N-methyl/N-ethyl adjacent to an activating group) is 1. The molecular weight excluding hydrogens is 316 g/mol. The van der Waals surface area contributed by atoms with E-state index in [2.05, 4.69) is 5.32 Å². The number of carbonyl (C=O) groups is 2. The molecule has 2 rings (SSSR count). The Kier molecular flexibility index (Phi) is 6.34. The number of amides is 2. The average molecular weight is 338 g/mol. The summed E-state index contributed by atoms with van der Waals surface area (Å²) in [4.78, 5) is 25.5. The summed E-state index contributed by atoms with van der Waals surface area (Å²) in [5, 5.41) is 2.75. The fraction of sp³-hybridized carbons (Fsp3) is 0.200. The Morgan fingerprint density at radius 2 is 1.88 bits per heavy atom. The number of benzene rings is 2. The van der Waals surface area contributed by atoms with E-state index in [0.717, 1.165) is 11.1 Å². The van der Waals surface area contributed by atoms with Gasteiger partial charge in [-0.2, -0.15) is 0 Å². The maximum atomic E-state index is 12.1. The Morgan fingerprint density at radius 3 is 2.52 bits per heavy atom. The molecular formula is C20H22N2O3. The fourth-order valence-corrected chi connectivity index (χ4v) is 2.24. The molecule has 0 bridgehead atoms. The average Bonchev–Trinajstić information content (AvgIpc) is 2.60. The monoisotopic (exact) mass is 338 g/mol. The molecule has 0 saturated heterocycles. The quantitative estimate of drug-likeness (QED) is 0.823. The lowest BCUT2D eigenvalue weighted by atomic mass is 10.1. The van der Waals surface area contributed by atoms with Gasteiger partial charge in [-0.3, -0.25) is 9.59 Å². The van der Waals surface area contributed by atoms with Crippen LogP contribution in [-0.4, -0.2) is 37.4 Å². The molecule has 0 saturated carbocycles. The number of carbonyl (C=O) groups excluding carboxylic acids is 2. The Labute approximate surface area is 147 Å². The van der Waals surface area contributed by atoms with Crippen LogP contribution in [0.5, 0.6) is 5.75 Å². The molecule has 0 spiro atoms. The van der Waals surface area contributed by atoms with Crippen LogP contribution in [0.4, 0.5) is 5.69 Å². The van der Waals surface area contributed by atoms with Gasteiger partial charge >= 0.3 is 0 Å². The highest BCUT2D eigenvalue weighted by Gasteiger charge is 2.10. The largest absolute Gasteiger partial charge is 0.497 e. The second-order valence-corrected chi connectivity index (χ2v) is 5.72. The second-order valence-electron chi connectivity index (χ2n) is 5.72. The van der Waals surface area contributed by atoms with E-state index in [0.29, 0.717) is 11.4 Å². The fourth-order valence-electron chi connectivity index (χ4n) is 2.24. The van der Waals surface area contributed by atoms with Gasteiger partial charge in [0.15, 0.2) is 0 Å². The van der Waals surface area contributed by atoms with Gasteiger partial charge in [0.05, 0.1) is 13.7 Å². The Hall–Kier alpha value is -3.08. The van der Waals surface area contributed by atoms with Gasteiger partial charge in [-0.15, -0.1) is 0 Å². The summed E-state index contributed by atoms with van der Waals surface area (Å²) in [5.74, 6) is 0.225. The third kappa shape index (κ3) is 5.80. The number of nitrogens with one attached hydrogen (secondary N) is 1. The molecule has 0 aliphatic rings. The van der Waals surface area contributed by atoms with Gasteiger partial charge in [-0.05, 0) is 42.8 Å². The zero-order valence-electron chi connectivity index (χ0n) is 14.7. The van der Waals surface area contributed by atoms with Gasteiger partial charge in [0, 0.05) is 18.8 Å². The molecule has 5 nitrogen and oxygen atoms in total. The number of aryl methyl sites for hydroxylation is 1. The van der Waals surface area contributed by atoms with Crippen molar-refractivity contribution in [3.8, 4) is 5.75 Å². The smallest absolute Gasteiger partial charge is 0.246 e. The van der Waals surface area contributed by atoms with Crippen molar-refractivity contribution in [1.82, 2.24) is 4.90 Å². The second kappa shape index (κ2) is 8.68. The molecule has 2 amide bonds. The predicted octanol–water partition coefficient (Wildman–Crippen LogP) is 3.11. The first-order valence-electron chi connectivity index (χ1n) is 7.91. The molecule has 0 aliphatic carbocycles. The number of hydrogen-bond donors (Lipinski definition) is 1. The molecule has 2 aromatic carbocycles. The van der Waals surface area contributed by atoms with Crippen molar-refractivity contribution >= 4 is 23.6 Å². The minimum Gasteiger partial charge on any atom is -0.497 e. The van der Waals surface area contributed by atoms with Crippen LogP contribution in [0, 0.1) is 6.92 Å². The highest BCUT2D eigenvalue weighted by atomic mass is 16.5. The molecule has 1 N–H and O–H groups in total. The van der Waals surface area contributed by atoms with Crippen molar-refractivity contribution in [2.45, 2.75) is 6.92 Å². The number of hydrogen-bond acceptors (Lipinski definition) is 3. The Balaban J connectivity index is 1.87. The maximum Gasteiger partial charge on any atom is 0.246 e. The third-order valence-electron chi connectivity index (χ3n) is 3.59. The summed E-state index contributed by atoms with van der Waals surface area (Å²) in [6, 6.07) is 14.9. The van der Waals surface area contributed by atoms with E-state index < -0.39 is 0 Å². The van der Waals surface area contributed by atoms with Gasteiger partial charge in [-0.1, -0.05) is 29.8 Å². The molecule has 0 fully saturated rings. The zero-order chi connectivity index (χ0) is 18.2. The number of anilines is 1. The lowest BCUT2D eigenvalue weighted by Gasteiger charge is -2.15. The van der Waals surface area contributed by atoms with E-state index in [4.69, 9.17) is 4.74 Å². The summed E-state index contributed by atoms with van der Waals surface area (Å²) in [6.45, 7) is 1.97. The molecule has 25 heavy (non-hydrogen) atoms. The van der Waals surface area contributed by atoms with Crippen molar-refractivity contribution in [3.05, 3.63) is 65.7 Å². The number of rotatable bonds is 6. The third-order valence-corrected chi connectivity index (χ3v) is 3.59. The van der Waals surface area contributed by atoms with Crippen molar-refractivity contribution in [1.29, 1.82) is 0 Å². The van der Waals surface area contributed by atoms with Gasteiger partial charge in [0.25, 0.3) is 0 Å². The molecule has 0 radical (unpaired) electrons. The van der Waals surface area contributed by atoms with E-state index in [-0.39, 0.29) is 18.4 Å². The van der Waals surface area contributed by atoms with Crippen LogP contribution in [0.3, 0.4) is 0 Å². The summed E-state index contributed by atoms with van der Waals surface area (Å²) in [5.41, 5.74) is 2.73. The van der Waals surface area contributed by atoms with Crippen LogP contribution in [0.1, 0.15) is 11.1 Å². The summed E-state index contributed by atoms with van der Waals surface area (Å²) in [6.07, 6.45) is 3.21. The van der Waals surface area contributed by atoms with Crippen molar-refractivity contribution in [2.24, 2.45) is 0 Å². The summed E-state index contributed by atoms with van der Waals surface area (Å²) >= 11 is 0. The first-order valence-corrected chi connectivity index (χ1v) is 7.91. The molecule has 0 unspecified atom stereocenters. The van der Waals surface area contributed by atoms with Crippen LogP contribution < -0.4 is 10.1 Å². The number of nitrogens with zero attached hydrogens (tertiary/aromatic N) is 1. The molecule has 5 heteroatoms. The van der Waals surface area contributed by atoms with Crippen LogP contribution in [0.25, 0.3) is 6.08 Å².